The maximum atomic E-state index is 11.6. The molecule has 0 heterocycles. The molecule has 0 fully saturated rings. The summed E-state index contributed by atoms with van der Waals surface area (Å²) >= 11 is 0. The highest BCUT2D eigenvalue weighted by atomic mass is 16.5. The molecule has 0 aliphatic carbocycles. The largest absolute Gasteiger partial charge is 0.380 e. The van der Waals surface area contributed by atoms with Crippen molar-refractivity contribution in [1.82, 2.24) is 10.6 Å². The molecule has 0 unspecified atom stereocenters. The molecule has 2 amide bonds. The summed E-state index contributed by atoms with van der Waals surface area (Å²) in [5.74, 6) is 0. The van der Waals surface area contributed by atoms with Crippen LogP contribution in [0.5, 0.6) is 0 Å². The van der Waals surface area contributed by atoms with Gasteiger partial charge in [0.1, 0.15) is 0 Å². The summed E-state index contributed by atoms with van der Waals surface area (Å²) in [6.45, 7) is 7.34. The summed E-state index contributed by atoms with van der Waals surface area (Å²) in [6.07, 6.45) is 0. The minimum atomic E-state index is -0.184. The Labute approximate surface area is 120 Å². The zero-order valence-electron chi connectivity index (χ0n) is 12.3. The Morgan fingerprint density at radius 3 is 2.45 bits per heavy atom. The Morgan fingerprint density at radius 1 is 1.05 bits per heavy atom. The van der Waals surface area contributed by atoms with E-state index in [-0.39, 0.29) is 6.03 Å². The Bertz CT molecular complexity index is 396. The first-order valence-corrected chi connectivity index (χ1v) is 7.01. The van der Waals surface area contributed by atoms with E-state index in [0.717, 1.165) is 11.1 Å². The Morgan fingerprint density at radius 2 is 1.75 bits per heavy atom. The molecule has 20 heavy (non-hydrogen) atoms. The van der Waals surface area contributed by atoms with Gasteiger partial charge in [0.25, 0.3) is 0 Å². The quantitative estimate of drug-likeness (QED) is 0.681. The molecule has 2 N–H and O–H groups in total. The lowest BCUT2D eigenvalue weighted by Gasteiger charge is -2.11. The molecule has 1 rings (SSSR count). The molecule has 1 aromatic carbocycles. The number of carbonyl (C=O) groups is 1. The Balaban J connectivity index is 2.35. The van der Waals surface area contributed by atoms with Crippen molar-refractivity contribution < 1.29 is 14.3 Å². The maximum Gasteiger partial charge on any atom is 0.315 e. The highest BCUT2D eigenvalue weighted by molar-refractivity contribution is 5.73. The first-order valence-electron chi connectivity index (χ1n) is 7.01. The summed E-state index contributed by atoms with van der Waals surface area (Å²) in [7, 11) is 0. The van der Waals surface area contributed by atoms with Gasteiger partial charge in [-0.15, -0.1) is 0 Å². The summed E-state index contributed by atoms with van der Waals surface area (Å²) in [4.78, 5) is 11.6. The zero-order valence-corrected chi connectivity index (χ0v) is 12.3. The van der Waals surface area contributed by atoms with Crippen molar-refractivity contribution in [3.8, 4) is 0 Å². The predicted octanol–water partition coefficient (Wildman–Crippen LogP) is 2.06. The van der Waals surface area contributed by atoms with Crippen LogP contribution in [-0.4, -0.2) is 32.4 Å². The third-order valence-corrected chi connectivity index (χ3v) is 2.76. The molecule has 0 aromatic heterocycles. The number of amides is 2. The smallest absolute Gasteiger partial charge is 0.315 e. The van der Waals surface area contributed by atoms with E-state index in [2.05, 4.69) is 10.6 Å². The van der Waals surface area contributed by atoms with Crippen LogP contribution in [0.2, 0.25) is 0 Å². The van der Waals surface area contributed by atoms with Crippen molar-refractivity contribution >= 4 is 6.03 Å². The average molecular weight is 280 g/mol. The standard InChI is InChI=1S/C15H24N2O3/c1-3-19-10-9-16-15(18)17-11-13-7-5-6-8-14(13)12-20-4-2/h5-8H,3-4,9-12H2,1-2H3,(H2,16,17,18). The van der Waals surface area contributed by atoms with Crippen LogP contribution < -0.4 is 10.6 Å². The van der Waals surface area contributed by atoms with Crippen molar-refractivity contribution in [3.05, 3.63) is 35.4 Å². The van der Waals surface area contributed by atoms with E-state index in [1.807, 2.05) is 38.1 Å². The third kappa shape index (κ3) is 6.54. The van der Waals surface area contributed by atoms with E-state index >= 15 is 0 Å². The molecule has 0 radical (unpaired) electrons. The van der Waals surface area contributed by atoms with E-state index < -0.39 is 0 Å². The van der Waals surface area contributed by atoms with Gasteiger partial charge in [0.05, 0.1) is 13.2 Å². The van der Waals surface area contributed by atoms with Gasteiger partial charge in [0.15, 0.2) is 0 Å². The molecule has 0 aliphatic rings. The number of benzene rings is 1. The number of hydrogen-bond donors (Lipinski definition) is 2. The van der Waals surface area contributed by atoms with Crippen LogP contribution in [0.15, 0.2) is 24.3 Å². The third-order valence-electron chi connectivity index (χ3n) is 2.76. The van der Waals surface area contributed by atoms with Gasteiger partial charge in [-0.05, 0) is 25.0 Å². The zero-order chi connectivity index (χ0) is 14.6. The van der Waals surface area contributed by atoms with Crippen LogP contribution in [0.4, 0.5) is 4.79 Å². The minimum Gasteiger partial charge on any atom is -0.380 e. The van der Waals surface area contributed by atoms with Gasteiger partial charge in [0.2, 0.25) is 0 Å². The van der Waals surface area contributed by atoms with Gasteiger partial charge in [0, 0.05) is 26.3 Å². The van der Waals surface area contributed by atoms with E-state index in [1.54, 1.807) is 0 Å². The molecule has 0 aliphatic heterocycles. The highest BCUT2D eigenvalue weighted by Crippen LogP contribution is 2.09. The van der Waals surface area contributed by atoms with Crippen LogP contribution in [0.3, 0.4) is 0 Å². The van der Waals surface area contributed by atoms with Crippen molar-refractivity contribution in [2.45, 2.75) is 27.0 Å². The van der Waals surface area contributed by atoms with E-state index in [9.17, 15) is 4.79 Å². The number of ether oxygens (including phenoxy) is 2. The predicted molar refractivity (Wildman–Crippen MR) is 78.5 cm³/mol. The van der Waals surface area contributed by atoms with Crippen LogP contribution >= 0.6 is 0 Å². The number of nitrogens with one attached hydrogen (secondary N) is 2. The van der Waals surface area contributed by atoms with Crippen LogP contribution in [0, 0.1) is 0 Å². The van der Waals surface area contributed by atoms with Crippen molar-refractivity contribution in [3.63, 3.8) is 0 Å². The molecule has 5 heteroatoms. The van der Waals surface area contributed by atoms with Crippen LogP contribution in [0.1, 0.15) is 25.0 Å². The second-order valence-electron chi connectivity index (χ2n) is 4.21. The van der Waals surface area contributed by atoms with Gasteiger partial charge in [-0.2, -0.15) is 0 Å². The number of urea groups is 1. The van der Waals surface area contributed by atoms with Crippen LogP contribution in [0.25, 0.3) is 0 Å². The van der Waals surface area contributed by atoms with Gasteiger partial charge in [-0.3, -0.25) is 0 Å². The number of hydrogen-bond acceptors (Lipinski definition) is 3. The molecule has 112 valence electrons. The molecule has 5 nitrogen and oxygen atoms in total. The van der Waals surface area contributed by atoms with E-state index in [4.69, 9.17) is 9.47 Å². The molecule has 0 bridgehead atoms. The lowest BCUT2D eigenvalue weighted by Crippen LogP contribution is -2.37. The first-order chi connectivity index (χ1) is 9.77. The van der Waals surface area contributed by atoms with Crippen LogP contribution in [-0.2, 0) is 22.6 Å². The average Bonchev–Trinajstić information content (AvgIpc) is 2.48. The Hall–Kier alpha value is -1.59. The fourth-order valence-corrected chi connectivity index (χ4v) is 1.70. The number of rotatable bonds is 9. The molecular formula is C15H24N2O3. The summed E-state index contributed by atoms with van der Waals surface area (Å²) in [6, 6.07) is 7.75. The van der Waals surface area contributed by atoms with Gasteiger partial charge in [-0.1, -0.05) is 24.3 Å². The first kappa shape index (κ1) is 16.5. The molecule has 1 aromatic rings. The molecule has 0 saturated heterocycles. The van der Waals surface area contributed by atoms with Gasteiger partial charge in [-0.25, -0.2) is 4.79 Å². The molecule has 0 saturated carbocycles. The second-order valence-corrected chi connectivity index (χ2v) is 4.21. The fraction of sp³-hybridized carbons (Fsp3) is 0.533. The highest BCUT2D eigenvalue weighted by Gasteiger charge is 2.04. The SMILES string of the molecule is CCOCCNC(=O)NCc1ccccc1COCC. The fourth-order valence-electron chi connectivity index (χ4n) is 1.70. The molecule has 0 atom stereocenters. The number of carbonyl (C=O) groups excluding carboxylic acids is 1. The van der Waals surface area contributed by atoms with Gasteiger partial charge < -0.3 is 20.1 Å². The molecule has 0 spiro atoms. The molecular weight excluding hydrogens is 256 g/mol. The van der Waals surface area contributed by atoms with Crippen molar-refractivity contribution in [2.24, 2.45) is 0 Å². The second kappa shape index (κ2) is 10.2. The van der Waals surface area contributed by atoms with Crippen molar-refractivity contribution in [1.29, 1.82) is 0 Å². The normalized spacial score (nSPS) is 10.3. The lowest BCUT2D eigenvalue weighted by molar-refractivity contribution is 0.133. The summed E-state index contributed by atoms with van der Waals surface area (Å²) < 4.78 is 10.6. The van der Waals surface area contributed by atoms with Gasteiger partial charge >= 0.3 is 6.03 Å². The minimum absolute atomic E-state index is 0.184. The summed E-state index contributed by atoms with van der Waals surface area (Å²) in [5, 5.41) is 5.58. The van der Waals surface area contributed by atoms with E-state index in [1.165, 1.54) is 0 Å². The van der Waals surface area contributed by atoms with Crippen molar-refractivity contribution in [2.75, 3.05) is 26.4 Å². The summed E-state index contributed by atoms with van der Waals surface area (Å²) in [5.41, 5.74) is 2.17. The monoisotopic (exact) mass is 280 g/mol. The topological polar surface area (TPSA) is 59.6 Å². The Kier molecular flexibility index (Phi) is 8.42. The maximum absolute atomic E-state index is 11.6. The lowest BCUT2D eigenvalue weighted by atomic mass is 10.1. The van der Waals surface area contributed by atoms with E-state index in [0.29, 0.717) is 39.5 Å².